The number of benzene rings is 1. The Balaban J connectivity index is 1.92. The van der Waals surface area contributed by atoms with Crippen LogP contribution in [-0.4, -0.2) is 35.8 Å². The molecule has 21 heavy (non-hydrogen) atoms. The van der Waals surface area contributed by atoms with Crippen molar-refractivity contribution < 1.29 is 4.79 Å². The van der Waals surface area contributed by atoms with Gasteiger partial charge in [-0.05, 0) is 37.7 Å². The molecule has 0 saturated carbocycles. The Bertz CT molecular complexity index is 591. The summed E-state index contributed by atoms with van der Waals surface area (Å²) < 4.78 is 1.83. The van der Waals surface area contributed by atoms with Gasteiger partial charge in [0.1, 0.15) is 0 Å². The maximum absolute atomic E-state index is 12.3. The number of nitrogens with one attached hydrogen (secondary N) is 2. The van der Waals surface area contributed by atoms with Crippen LogP contribution in [0, 0.1) is 0 Å². The molecule has 0 aliphatic rings. The molecule has 1 aromatic heterocycles. The van der Waals surface area contributed by atoms with Crippen molar-refractivity contribution in [2.45, 2.75) is 12.8 Å². The fourth-order valence-electron chi connectivity index (χ4n) is 2.27. The number of nitrogens with zero attached hydrogens (tertiary/aromatic N) is 2. The molecule has 0 aliphatic carbocycles. The zero-order chi connectivity index (χ0) is 15.1. The zero-order valence-electron chi connectivity index (χ0n) is 12.6. The topological polar surface area (TPSA) is 59.0 Å². The quantitative estimate of drug-likeness (QED) is 0.803. The second-order valence-electron chi connectivity index (χ2n) is 4.96. The van der Waals surface area contributed by atoms with Gasteiger partial charge in [-0.25, -0.2) is 0 Å². The fraction of sp³-hybridized carbons (Fsp3) is 0.375. The van der Waals surface area contributed by atoms with Crippen LogP contribution in [0.5, 0.6) is 0 Å². The van der Waals surface area contributed by atoms with Crippen LogP contribution in [0.25, 0.3) is 0 Å². The lowest BCUT2D eigenvalue weighted by Crippen LogP contribution is -2.27. The van der Waals surface area contributed by atoms with Crippen LogP contribution in [0.3, 0.4) is 0 Å². The molecule has 0 atom stereocenters. The van der Waals surface area contributed by atoms with E-state index in [0.717, 1.165) is 36.2 Å². The average Bonchev–Trinajstić information content (AvgIpc) is 2.91. The normalized spacial score (nSPS) is 10.6. The minimum absolute atomic E-state index is 0.0103. The molecule has 5 heteroatoms. The van der Waals surface area contributed by atoms with Gasteiger partial charge in [-0.3, -0.25) is 9.48 Å². The SMILES string of the molecule is CNCCc1ccccc1C(=O)NCCc1ccnn1C. The van der Waals surface area contributed by atoms with Gasteiger partial charge in [-0.15, -0.1) is 0 Å². The Morgan fingerprint density at radius 1 is 1.19 bits per heavy atom. The molecule has 1 amide bonds. The summed E-state index contributed by atoms with van der Waals surface area (Å²) in [6, 6.07) is 9.72. The number of rotatable bonds is 7. The number of carbonyl (C=O) groups is 1. The highest BCUT2D eigenvalue weighted by molar-refractivity contribution is 5.95. The van der Waals surface area contributed by atoms with E-state index in [1.165, 1.54) is 0 Å². The molecule has 112 valence electrons. The fourth-order valence-corrected chi connectivity index (χ4v) is 2.27. The Kier molecular flexibility index (Phi) is 5.51. The second-order valence-corrected chi connectivity index (χ2v) is 4.96. The third-order valence-corrected chi connectivity index (χ3v) is 3.50. The molecule has 0 saturated heterocycles. The highest BCUT2D eigenvalue weighted by atomic mass is 16.1. The van der Waals surface area contributed by atoms with Crippen molar-refractivity contribution in [3.63, 3.8) is 0 Å². The van der Waals surface area contributed by atoms with Crippen LogP contribution in [0.2, 0.25) is 0 Å². The molecule has 0 radical (unpaired) electrons. The van der Waals surface area contributed by atoms with Gasteiger partial charge in [0, 0.05) is 37.5 Å². The lowest BCUT2D eigenvalue weighted by molar-refractivity contribution is 0.0953. The first-order chi connectivity index (χ1) is 10.2. The third kappa shape index (κ3) is 4.16. The lowest BCUT2D eigenvalue weighted by atomic mass is 10.0. The van der Waals surface area contributed by atoms with E-state index < -0.39 is 0 Å². The molecule has 1 heterocycles. The molecule has 0 unspecified atom stereocenters. The average molecular weight is 286 g/mol. The van der Waals surface area contributed by atoms with E-state index in [9.17, 15) is 4.79 Å². The number of amides is 1. The molecular weight excluding hydrogens is 264 g/mol. The van der Waals surface area contributed by atoms with E-state index in [-0.39, 0.29) is 5.91 Å². The third-order valence-electron chi connectivity index (χ3n) is 3.50. The summed E-state index contributed by atoms with van der Waals surface area (Å²) in [6.07, 6.45) is 3.40. The number of likely N-dealkylation sites (N-methyl/N-ethyl adjacent to an activating group) is 1. The highest BCUT2D eigenvalue weighted by Crippen LogP contribution is 2.09. The summed E-state index contributed by atoms with van der Waals surface area (Å²) >= 11 is 0. The van der Waals surface area contributed by atoms with Gasteiger partial charge in [-0.2, -0.15) is 5.10 Å². The zero-order valence-corrected chi connectivity index (χ0v) is 12.6. The van der Waals surface area contributed by atoms with Crippen molar-refractivity contribution in [2.24, 2.45) is 7.05 Å². The predicted molar refractivity (Wildman–Crippen MR) is 83.3 cm³/mol. The van der Waals surface area contributed by atoms with Gasteiger partial charge in [-0.1, -0.05) is 18.2 Å². The van der Waals surface area contributed by atoms with Crippen LogP contribution >= 0.6 is 0 Å². The van der Waals surface area contributed by atoms with Crippen LogP contribution < -0.4 is 10.6 Å². The number of carbonyl (C=O) groups excluding carboxylic acids is 1. The summed E-state index contributed by atoms with van der Waals surface area (Å²) in [5.41, 5.74) is 2.95. The summed E-state index contributed by atoms with van der Waals surface area (Å²) in [4.78, 5) is 12.3. The van der Waals surface area contributed by atoms with Crippen LogP contribution in [0.1, 0.15) is 21.6 Å². The van der Waals surface area contributed by atoms with Gasteiger partial charge < -0.3 is 10.6 Å². The first kappa shape index (κ1) is 15.3. The van der Waals surface area contributed by atoms with Gasteiger partial charge in [0.15, 0.2) is 0 Å². The molecule has 2 aromatic rings. The van der Waals surface area contributed by atoms with Gasteiger partial charge >= 0.3 is 0 Å². The lowest BCUT2D eigenvalue weighted by Gasteiger charge is -2.10. The van der Waals surface area contributed by atoms with Gasteiger partial charge in [0.25, 0.3) is 5.91 Å². The van der Waals surface area contributed by atoms with E-state index >= 15 is 0 Å². The molecular formula is C16H22N4O. The van der Waals surface area contributed by atoms with Crippen molar-refractivity contribution in [2.75, 3.05) is 20.1 Å². The van der Waals surface area contributed by atoms with E-state index in [2.05, 4.69) is 15.7 Å². The Hall–Kier alpha value is -2.14. The van der Waals surface area contributed by atoms with E-state index in [1.54, 1.807) is 6.20 Å². The summed E-state index contributed by atoms with van der Waals surface area (Å²) in [5, 5.41) is 10.2. The summed E-state index contributed by atoms with van der Waals surface area (Å²) in [5.74, 6) is -0.0103. The predicted octanol–water partition coefficient (Wildman–Crippen LogP) is 1.15. The number of hydrogen-bond acceptors (Lipinski definition) is 3. The summed E-state index contributed by atoms with van der Waals surface area (Å²) in [7, 11) is 3.82. The van der Waals surface area contributed by atoms with Crippen LogP contribution in [0.4, 0.5) is 0 Å². The standard InChI is InChI=1S/C16H22N4O/c1-17-10-7-13-5-3-4-6-15(13)16(21)18-11-8-14-9-12-19-20(14)2/h3-6,9,12,17H,7-8,10-11H2,1-2H3,(H,18,21). The molecule has 0 spiro atoms. The molecule has 0 aliphatic heterocycles. The van der Waals surface area contributed by atoms with Gasteiger partial charge in [0.05, 0.1) is 0 Å². The molecule has 5 nitrogen and oxygen atoms in total. The highest BCUT2D eigenvalue weighted by Gasteiger charge is 2.10. The maximum atomic E-state index is 12.3. The maximum Gasteiger partial charge on any atom is 0.251 e. The Morgan fingerprint density at radius 2 is 2.00 bits per heavy atom. The second kappa shape index (κ2) is 7.59. The van der Waals surface area contributed by atoms with Crippen molar-refractivity contribution in [1.29, 1.82) is 0 Å². The minimum Gasteiger partial charge on any atom is -0.352 e. The number of hydrogen-bond donors (Lipinski definition) is 2. The number of aromatic nitrogens is 2. The molecule has 1 aromatic carbocycles. The minimum atomic E-state index is -0.0103. The molecule has 2 N–H and O–H groups in total. The first-order valence-corrected chi connectivity index (χ1v) is 7.20. The monoisotopic (exact) mass is 286 g/mol. The molecule has 0 fully saturated rings. The Morgan fingerprint density at radius 3 is 2.71 bits per heavy atom. The van der Waals surface area contributed by atoms with E-state index in [0.29, 0.717) is 6.54 Å². The first-order valence-electron chi connectivity index (χ1n) is 7.20. The van der Waals surface area contributed by atoms with Crippen LogP contribution in [0.15, 0.2) is 36.5 Å². The molecule has 0 bridgehead atoms. The number of aryl methyl sites for hydroxylation is 1. The van der Waals surface area contributed by atoms with E-state index in [1.807, 2.05) is 49.1 Å². The molecule has 2 rings (SSSR count). The van der Waals surface area contributed by atoms with Crippen LogP contribution in [-0.2, 0) is 19.9 Å². The largest absolute Gasteiger partial charge is 0.352 e. The van der Waals surface area contributed by atoms with Crippen molar-refractivity contribution in [1.82, 2.24) is 20.4 Å². The summed E-state index contributed by atoms with van der Waals surface area (Å²) in [6.45, 7) is 1.47. The van der Waals surface area contributed by atoms with Crippen molar-refractivity contribution in [3.05, 3.63) is 53.3 Å². The van der Waals surface area contributed by atoms with E-state index in [4.69, 9.17) is 0 Å². The van der Waals surface area contributed by atoms with Crippen molar-refractivity contribution >= 4 is 5.91 Å². The van der Waals surface area contributed by atoms with Gasteiger partial charge in [0.2, 0.25) is 0 Å². The smallest absolute Gasteiger partial charge is 0.251 e. The van der Waals surface area contributed by atoms with Crippen molar-refractivity contribution in [3.8, 4) is 0 Å². The Labute approximate surface area is 125 Å².